The third-order valence-corrected chi connectivity index (χ3v) is 3.27. The number of carbonyl (C=O) groups is 3. The highest BCUT2D eigenvalue weighted by atomic mass is 16.4. The van der Waals surface area contributed by atoms with Gasteiger partial charge in [-0.15, -0.1) is 0 Å². The van der Waals surface area contributed by atoms with E-state index in [9.17, 15) is 34.8 Å². The Morgan fingerprint density at radius 2 is 1.32 bits per heavy atom. The number of carboxylic acids is 3. The highest BCUT2D eigenvalue weighted by molar-refractivity contribution is 5.96. The summed E-state index contributed by atoms with van der Waals surface area (Å²) in [6.45, 7) is 4.32. The number of allylic oxidation sites excluding steroid dienone is 3. The summed E-state index contributed by atoms with van der Waals surface area (Å²) in [5, 5.41) is 38.9. The van der Waals surface area contributed by atoms with Crippen LogP contribution in [0.25, 0.3) is 0 Å². The van der Waals surface area contributed by atoms with Gasteiger partial charge in [-0.1, -0.05) is 36.5 Å². The molecule has 0 aliphatic carbocycles. The monoisotopic (exact) mass is 312 g/mol. The van der Waals surface area contributed by atoms with Gasteiger partial charge in [-0.25, -0.2) is 4.79 Å². The molecule has 0 rings (SSSR count). The highest BCUT2D eigenvalue weighted by Crippen LogP contribution is 2.42. The van der Waals surface area contributed by atoms with Crippen molar-refractivity contribution in [3.05, 3.63) is 36.5 Å². The zero-order chi connectivity index (χ0) is 17.6. The van der Waals surface area contributed by atoms with E-state index in [-0.39, 0.29) is 0 Å². The first-order valence-corrected chi connectivity index (χ1v) is 6.48. The molecular weight excluding hydrogens is 292 g/mol. The standard InChI is InChI=1S/C15H20O7/c1-4-7-10(11(16)17)15(22,13(20)21)14(8-5-2,9-6-3)12(18)19/h4-10,22H,1-3H3,(H,16,17)(H,18,19)(H,20,21). The summed E-state index contributed by atoms with van der Waals surface area (Å²) in [6, 6.07) is 0. The van der Waals surface area contributed by atoms with Crippen LogP contribution in [0.15, 0.2) is 36.5 Å². The molecule has 2 unspecified atom stereocenters. The summed E-state index contributed by atoms with van der Waals surface area (Å²) in [7, 11) is 0. The van der Waals surface area contributed by atoms with Gasteiger partial charge in [0.25, 0.3) is 0 Å². The fourth-order valence-electron chi connectivity index (χ4n) is 2.30. The number of rotatable bonds is 8. The first kappa shape index (κ1) is 19.6. The molecule has 0 fully saturated rings. The van der Waals surface area contributed by atoms with E-state index >= 15 is 0 Å². The molecule has 7 heteroatoms. The van der Waals surface area contributed by atoms with Gasteiger partial charge in [-0.2, -0.15) is 0 Å². The van der Waals surface area contributed by atoms with Crippen LogP contribution in [0.4, 0.5) is 0 Å². The third-order valence-electron chi connectivity index (χ3n) is 3.27. The lowest BCUT2D eigenvalue weighted by atomic mass is 9.64. The van der Waals surface area contributed by atoms with E-state index in [1.807, 2.05) is 0 Å². The molecule has 0 aliphatic heterocycles. The molecule has 0 heterocycles. The fourth-order valence-corrected chi connectivity index (χ4v) is 2.30. The van der Waals surface area contributed by atoms with E-state index in [0.29, 0.717) is 0 Å². The second-order valence-corrected chi connectivity index (χ2v) is 4.59. The minimum atomic E-state index is -3.11. The number of hydrogen-bond acceptors (Lipinski definition) is 4. The molecule has 0 spiro atoms. The predicted octanol–water partition coefficient (Wildman–Crippen LogP) is 1.30. The molecule has 0 aliphatic rings. The van der Waals surface area contributed by atoms with Crippen molar-refractivity contribution in [1.82, 2.24) is 0 Å². The Labute approximate surface area is 127 Å². The van der Waals surface area contributed by atoms with Crippen LogP contribution in [0.1, 0.15) is 20.8 Å². The van der Waals surface area contributed by atoms with Gasteiger partial charge in [-0.3, -0.25) is 9.59 Å². The van der Waals surface area contributed by atoms with Crippen molar-refractivity contribution in [2.75, 3.05) is 0 Å². The Morgan fingerprint density at radius 1 is 0.864 bits per heavy atom. The molecule has 4 N–H and O–H groups in total. The number of aliphatic carboxylic acids is 3. The average Bonchev–Trinajstić information content (AvgIpc) is 2.42. The zero-order valence-corrected chi connectivity index (χ0v) is 12.6. The van der Waals surface area contributed by atoms with E-state index in [0.717, 1.165) is 18.2 Å². The van der Waals surface area contributed by atoms with Crippen LogP contribution >= 0.6 is 0 Å². The van der Waals surface area contributed by atoms with Gasteiger partial charge < -0.3 is 20.4 Å². The molecule has 0 saturated heterocycles. The number of hydrogen-bond donors (Lipinski definition) is 4. The minimum absolute atomic E-state index is 0.946. The van der Waals surface area contributed by atoms with E-state index in [2.05, 4.69) is 0 Å². The maximum atomic E-state index is 11.7. The normalized spacial score (nSPS) is 19.1. The molecule has 0 saturated carbocycles. The smallest absolute Gasteiger partial charge is 0.338 e. The maximum absolute atomic E-state index is 11.7. The van der Waals surface area contributed by atoms with Crippen LogP contribution in [0.2, 0.25) is 0 Å². The first-order valence-electron chi connectivity index (χ1n) is 6.48. The van der Waals surface area contributed by atoms with Crippen LogP contribution < -0.4 is 0 Å². The Kier molecular flexibility index (Phi) is 6.73. The lowest BCUT2D eigenvalue weighted by Crippen LogP contribution is -2.62. The largest absolute Gasteiger partial charge is 0.481 e. The summed E-state index contributed by atoms with van der Waals surface area (Å²) >= 11 is 0. The van der Waals surface area contributed by atoms with E-state index in [1.165, 1.54) is 39.0 Å². The van der Waals surface area contributed by atoms with Crippen LogP contribution in [-0.2, 0) is 14.4 Å². The third kappa shape index (κ3) is 3.09. The lowest BCUT2D eigenvalue weighted by Gasteiger charge is -2.40. The Balaban J connectivity index is 6.80. The van der Waals surface area contributed by atoms with Gasteiger partial charge in [-0.05, 0) is 20.8 Å². The average molecular weight is 312 g/mol. The van der Waals surface area contributed by atoms with Gasteiger partial charge in [0, 0.05) is 0 Å². The predicted molar refractivity (Wildman–Crippen MR) is 78.2 cm³/mol. The van der Waals surface area contributed by atoms with Gasteiger partial charge >= 0.3 is 17.9 Å². The molecule has 0 aromatic heterocycles. The molecule has 0 bridgehead atoms. The minimum Gasteiger partial charge on any atom is -0.481 e. The highest BCUT2D eigenvalue weighted by Gasteiger charge is 2.63. The molecule has 0 aromatic rings. The molecule has 22 heavy (non-hydrogen) atoms. The molecule has 122 valence electrons. The zero-order valence-electron chi connectivity index (χ0n) is 12.6. The van der Waals surface area contributed by atoms with Gasteiger partial charge in [0.2, 0.25) is 5.60 Å². The van der Waals surface area contributed by atoms with E-state index in [1.54, 1.807) is 0 Å². The van der Waals surface area contributed by atoms with Crippen molar-refractivity contribution in [2.24, 2.45) is 11.3 Å². The first-order chi connectivity index (χ1) is 10.2. The van der Waals surface area contributed by atoms with Crippen LogP contribution in [0, 0.1) is 11.3 Å². The summed E-state index contributed by atoms with van der Waals surface area (Å²) in [5.41, 5.74) is -5.55. The number of aliphatic hydroxyl groups is 1. The lowest BCUT2D eigenvalue weighted by molar-refractivity contribution is -0.189. The SMILES string of the molecule is CC=CC(C(=O)O)C(O)(C(=O)O)C(C=CC)(C=CC)C(=O)O. The topological polar surface area (TPSA) is 132 Å². The van der Waals surface area contributed by atoms with E-state index < -0.39 is 34.8 Å². The second-order valence-electron chi connectivity index (χ2n) is 4.59. The Hall–Kier alpha value is -2.41. The molecule has 7 nitrogen and oxygen atoms in total. The fraction of sp³-hybridized carbons (Fsp3) is 0.400. The summed E-state index contributed by atoms with van der Waals surface area (Å²) in [6.07, 6.45) is 6.60. The van der Waals surface area contributed by atoms with Crippen molar-refractivity contribution >= 4 is 17.9 Å². The molecule has 0 radical (unpaired) electrons. The Bertz CT molecular complexity index is 518. The van der Waals surface area contributed by atoms with Crippen LogP contribution in [0.5, 0.6) is 0 Å². The van der Waals surface area contributed by atoms with Crippen molar-refractivity contribution in [3.8, 4) is 0 Å². The summed E-state index contributed by atoms with van der Waals surface area (Å²) in [4.78, 5) is 34.8. The van der Waals surface area contributed by atoms with Crippen molar-refractivity contribution in [2.45, 2.75) is 26.4 Å². The molecule has 0 amide bonds. The summed E-state index contributed by atoms with van der Waals surface area (Å²) < 4.78 is 0. The quantitative estimate of drug-likeness (QED) is 0.496. The molecule has 2 atom stereocenters. The Morgan fingerprint density at radius 3 is 1.55 bits per heavy atom. The second kappa shape index (κ2) is 7.56. The van der Waals surface area contributed by atoms with Gasteiger partial charge in [0.05, 0.1) is 0 Å². The molecule has 0 aromatic carbocycles. The van der Waals surface area contributed by atoms with Crippen molar-refractivity contribution < 1.29 is 34.8 Å². The maximum Gasteiger partial charge on any atom is 0.338 e. The van der Waals surface area contributed by atoms with E-state index in [4.69, 9.17) is 0 Å². The van der Waals surface area contributed by atoms with Crippen molar-refractivity contribution in [3.63, 3.8) is 0 Å². The van der Waals surface area contributed by atoms with Crippen LogP contribution in [0.3, 0.4) is 0 Å². The van der Waals surface area contributed by atoms with Gasteiger partial charge in [0.1, 0.15) is 11.3 Å². The van der Waals surface area contributed by atoms with Crippen LogP contribution in [-0.4, -0.2) is 43.9 Å². The summed E-state index contributed by atoms with van der Waals surface area (Å²) in [5.74, 6) is -7.23. The van der Waals surface area contributed by atoms with Gasteiger partial charge in [0.15, 0.2) is 0 Å². The molecular formula is C15H20O7. The number of carboxylic acid groups (broad SMARTS) is 3. The van der Waals surface area contributed by atoms with Crippen molar-refractivity contribution in [1.29, 1.82) is 0 Å².